The van der Waals surface area contributed by atoms with E-state index >= 15 is 0 Å². The number of rotatable bonds is 7. The summed E-state index contributed by atoms with van der Waals surface area (Å²) in [5.41, 5.74) is 18.0. The normalized spacial score (nSPS) is 13.6. The molecule has 1 aliphatic rings. The number of fused-ring (bicyclic) bond motifs is 12. The van der Waals surface area contributed by atoms with Crippen molar-refractivity contribution < 1.29 is 9.31 Å². The van der Waals surface area contributed by atoms with Crippen LogP contribution in [0.5, 0.6) is 0 Å². The van der Waals surface area contributed by atoms with Gasteiger partial charge in [0.25, 0.3) is 0 Å². The van der Waals surface area contributed by atoms with Gasteiger partial charge in [-0.1, -0.05) is 244 Å². The highest BCUT2D eigenvalue weighted by Gasteiger charge is 2.52. The molecular formula is C85H69BN2O2. The zero-order valence-corrected chi connectivity index (χ0v) is 52.0. The summed E-state index contributed by atoms with van der Waals surface area (Å²) in [7, 11) is -0.506. The monoisotopic (exact) mass is 1160 g/mol. The molecule has 0 spiro atoms. The third kappa shape index (κ3) is 9.74. The number of hydrogen-bond acceptors (Lipinski definition) is 2. The van der Waals surface area contributed by atoms with E-state index in [4.69, 9.17) is 9.31 Å². The summed E-state index contributed by atoms with van der Waals surface area (Å²) in [4.78, 5) is 0. The molecule has 0 saturated carbocycles. The molecule has 1 aliphatic heterocycles. The summed E-state index contributed by atoms with van der Waals surface area (Å²) in [6.45, 7) is 14.7. The topological polar surface area (TPSA) is 28.3 Å². The standard InChI is InChI=1S/C44H36BNO2.C39H27N.C2H6/c1-43(2)44(3,4)48-45(47-43)33-24-32(40-26-31-16-8-9-17-35(31)36-18-10-11-19-37(36)40)25-34(28-33)46-41-21-13-12-20-38(41)39-23-22-30(27-42(39)46)29-14-6-5-7-15-29;1-26-21-30(37-24-29-13-5-6-14-32(29)33-15-7-8-16-34(33)37)23-31(22-26)40-38-18-10-9-17-35(38)36-20-19-28(25-39(36)40)27-11-3-2-4-12-27;1-2/h5-28H,1-4H3;2-25H,1H3;1-2H3. The van der Waals surface area contributed by atoms with Gasteiger partial charge in [0.1, 0.15) is 0 Å². The molecule has 0 aliphatic carbocycles. The van der Waals surface area contributed by atoms with E-state index in [-0.39, 0.29) is 0 Å². The van der Waals surface area contributed by atoms with Crippen LogP contribution in [0, 0.1) is 6.92 Å². The van der Waals surface area contributed by atoms with Crippen molar-refractivity contribution in [2.45, 2.75) is 59.7 Å². The fourth-order valence-corrected chi connectivity index (χ4v) is 13.8. The van der Waals surface area contributed by atoms with Crippen molar-refractivity contribution >= 4 is 99.3 Å². The molecule has 0 unspecified atom stereocenters. The summed E-state index contributed by atoms with van der Waals surface area (Å²) in [6.07, 6.45) is 0. The summed E-state index contributed by atoms with van der Waals surface area (Å²) < 4.78 is 18.2. The van der Waals surface area contributed by atoms with E-state index < -0.39 is 18.3 Å². The van der Waals surface area contributed by atoms with Crippen LogP contribution in [0.4, 0.5) is 0 Å². The molecule has 4 nitrogen and oxygen atoms in total. The second-order valence-electron chi connectivity index (χ2n) is 24.7. The summed E-state index contributed by atoms with van der Waals surface area (Å²) in [5.74, 6) is 0. The zero-order valence-electron chi connectivity index (χ0n) is 52.0. The first-order valence-corrected chi connectivity index (χ1v) is 31.6. The Balaban J connectivity index is 0.000000149. The minimum Gasteiger partial charge on any atom is -0.399 e. The van der Waals surface area contributed by atoms with E-state index in [1.165, 1.54) is 126 Å². The highest BCUT2D eigenvalue weighted by atomic mass is 16.7. The predicted molar refractivity (Wildman–Crippen MR) is 385 cm³/mol. The van der Waals surface area contributed by atoms with Gasteiger partial charge in [-0.05, 0) is 194 Å². The first-order chi connectivity index (χ1) is 44.0. The second-order valence-corrected chi connectivity index (χ2v) is 24.7. The van der Waals surface area contributed by atoms with E-state index in [9.17, 15) is 0 Å². The lowest BCUT2D eigenvalue weighted by molar-refractivity contribution is 0.00578. The van der Waals surface area contributed by atoms with Crippen LogP contribution in [0.15, 0.2) is 291 Å². The third-order valence-electron chi connectivity index (χ3n) is 18.8. The van der Waals surface area contributed by atoms with Gasteiger partial charge in [-0.25, -0.2) is 0 Å². The van der Waals surface area contributed by atoms with Gasteiger partial charge >= 0.3 is 7.12 Å². The minimum absolute atomic E-state index is 0.457. The van der Waals surface area contributed by atoms with Crippen LogP contribution in [0.2, 0.25) is 0 Å². The fourth-order valence-electron chi connectivity index (χ4n) is 13.8. The molecule has 0 radical (unpaired) electrons. The van der Waals surface area contributed by atoms with Crippen molar-refractivity contribution in [3.8, 4) is 55.9 Å². The van der Waals surface area contributed by atoms with Gasteiger partial charge in [0, 0.05) is 32.9 Å². The van der Waals surface area contributed by atoms with Gasteiger partial charge in [-0.15, -0.1) is 0 Å². The van der Waals surface area contributed by atoms with Crippen LogP contribution in [-0.4, -0.2) is 27.5 Å². The number of hydrogen-bond donors (Lipinski definition) is 0. The maximum Gasteiger partial charge on any atom is 0.494 e. The molecule has 434 valence electrons. The van der Waals surface area contributed by atoms with E-state index in [1.54, 1.807) is 0 Å². The smallest absolute Gasteiger partial charge is 0.399 e. The van der Waals surface area contributed by atoms with Gasteiger partial charge < -0.3 is 18.4 Å². The van der Waals surface area contributed by atoms with Crippen LogP contribution in [0.3, 0.4) is 0 Å². The Labute approximate surface area is 527 Å². The highest BCUT2D eigenvalue weighted by molar-refractivity contribution is 6.62. The molecule has 1 saturated heterocycles. The van der Waals surface area contributed by atoms with Crippen molar-refractivity contribution in [1.29, 1.82) is 0 Å². The lowest BCUT2D eigenvalue weighted by Crippen LogP contribution is -2.41. The summed E-state index contributed by atoms with van der Waals surface area (Å²) >= 11 is 0. The molecule has 5 heteroatoms. The quantitative estimate of drug-likeness (QED) is 0.118. The van der Waals surface area contributed by atoms with Crippen LogP contribution in [0.25, 0.3) is 143 Å². The van der Waals surface area contributed by atoms with Crippen LogP contribution >= 0.6 is 0 Å². The Hall–Kier alpha value is -10.3. The number of aryl methyl sites for hydroxylation is 1. The van der Waals surface area contributed by atoms with Crippen molar-refractivity contribution in [2.75, 3.05) is 0 Å². The Bertz CT molecular complexity index is 5410. The van der Waals surface area contributed by atoms with Crippen LogP contribution in [-0.2, 0) is 9.31 Å². The average molecular weight is 1160 g/mol. The third-order valence-corrected chi connectivity index (χ3v) is 18.8. The lowest BCUT2D eigenvalue weighted by atomic mass is 9.77. The number of para-hydroxylation sites is 2. The van der Waals surface area contributed by atoms with Gasteiger partial charge in [0.2, 0.25) is 0 Å². The number of aromatic nitrogens is 2. The van der Waals surface area contributed by atoms with Gasteiger partial charge in [-0.2, -0.15) is 0 Å². The first kappa shape index (κ1) is 56.2. The molecule has 1 fully saturated rings. The van der Waals surface area contributed by atoms with Gasteiger partial charge in [0.05, 0.1) is 33.3 Å². The fraction of sp³-hybridized carbons (Fsp3) is 0.106. The molecule has 2 aromatic heterocycles. The zero-order chi connectivity index (χ0) is 61.3. The largest absolute Gasteiger partial charge is 0.494 e. The Kier molecular flexibility index (Phi) is 14.2. The van der Waals surface area contributed by atoms with Crippen molar-refractivity contribution in [2.24, 2.45) is 0 Å². The molecule has 3 heterocycles. The molecular weight excluding hydrogens is 1090 g/mol. The Morgan fingerprint density at radius 1 is 0.278 bits per heavy atom. The maximum atomic E-state index is 6.69. The molecule has 17 rings (SSSR count). The second kappa shape index (κ2) is 22.7. The van der Waals surface area contributed by atoms with Crippen molar-refractivity contribution in [3.63, 3.8) is 0 Å². The maximum absolute atomic E-state index is 6.69. The van der Waals surface area contributed by atoms with Crippen molar-refractivity contribution in [3.05, 3.63) is 297 Å². The van der Waals surface area contributed by atoms with E-state index in [0.717, 1.165) is 27.7 Å². The highest BCUT2D eigenvalue weighted by Crippen LogP contribution is 2.43. The van der Waals surface area contributed by atoms with Gasteiger partial charge in [-0.3, -0.25) is 0 Å². The predicted octanol–water partition coefficient (Wildman–Crippen LogP) is 22.5. The molecule has 0 bridgehead atoms. The first-order valence-electron chi connectivity index (χ1n) is 31.6. The lowest BCUT2D eigenvalue weighted by Gasteiger charge is -2.32. The minimum atomic E-state index is -0.506. The van der Waals surface area contributed by atoms with E-state index in [2.05, 4.69) is 335 Å². The van der Waals surface area contributed by atoms with E-state index in [0.29, 0.717) is 0 Å². The SMILES string of the molecule is CC.CC1(C)OB(c2cc(-c3cc4ccccc4c4ccccc34)cc(-n3c4ccccc4c4ccc(-c5ccccc5)cc43)c2)OC1(C)C.Cc1cc(-c2cc3ccccc3c3ccccc23)cc(-n2c3ccccc3c3ccc(-c4ccccc4)cc32)c1. The molecule has 90 heavy (non-hydrogen) atoms. The van der Waals surface area contributed by atoms with E-state index in [1.807, 2.05) is 13.8 Å². The van der Waals surface area contributed by atoms with Crippen LogP contribution < -0.4 is 5.46 Å². The summed E-state index contributed by atoms with van der Waals surface area (Å²) in [5, 5.41) is 15.1. The Morgan fingerprint density at radius 2 is 0.644 bits per heavy atom. The average Bonchev–Trinajstić information content (AvgIpc) is 1.49. The number of benzene rings is 14. The van der Waals surface area contributed by atoms with Gasteiger partial charge in [0.15, 0.2) is 0 Å². The van der Waals surface area contributed by atoms with Crippen LogP contribution in [0.1, 0.15) is 47.1 Å². The molecule has 14 aromatic carbocycles. The molecule has 0 amide bonds. The Morgan fingerprint density at radius 3 is 1.11 bits per heavy atom. The molecule has 0 atom stereocenters. The molecule has 0 N–H and O–H groups in total. The van der Waals surface area contributed by atoms with Crippen molar-refractivity contribution in [1.82, 2.24) is 9.13 Å². The summed E-state index contributed by atoms with van der Waals surface area (Å²) in [6, 6.07) is 106. The molecule has 16 aromatic rings. The number of nitrogens with zero attached hydrogens (tertiary/aromatic N) is 2.